The van der Waals surface area contributed by atoms with E-state index >= 15 is 0 Å². The van der Waals surface area contributed by atoms with E-state index < -0.39 is 14.9 Å². The first-order valence-corrected chi connectivity index (χ1v) is 11.6. The van der Waals surface area contributed by atoms with Crippen LogP contribution in [0.4, 0.5) is 11.4 Å². The van der Waals surface area contributed by atoms with Crippen LogP contribution in [-0.4, -0.2) is 43.1 Å². The Bertz CT molecular complexity index is 1090. The van der Waals surface area contributed by atoms with Crippen LogP contribution in [0.5, 0.6) is 0 Å². The van der Waals surface area contributed by atoms with Crippen LogP contribution in [0.2, 0.25) is 0 Å². The first kappa shape index (κ1) is 22.9. The van der Waals surface area contributed by atoms with Crippen LogP contribution in [0.15, 0.2) is 47.4 Å². The lowest BCUT2D eigenvalue weighted by molar-refractivity contribution is -0.384. The monoisotopic (exact) mass is 445 g/mol. The average molecular weight is 446 g/mol. The first-order valence-electron chi connectivity index (χ1n) is 10.2. The number of Topliss-reactive ketones (excluding diaryl/α,β-unsaturated/α-hetero) is 1. The standard InChI is InChI=1S/C22H27N3O5S/c1-15-9-16(2)14-24(13-15)31(29,30)20-6-4-5-18(11-20)22(26)12-23-21-8-7-19(25(27)28)10-17(21)3/h4-8,10-11,15-16,23H,9,12-14H2,1-3H3. The van der Waals surface area contributed by atoms with Crippen LogP contribution in [0.1, 0.15) is 36.2 Å². The lowest BCUT2D eigenvalue weighted by Crippen LogP contribution is -2.42. The second-order valence-corrected chi connectivity index (χ2v) is 10.3. The van der Waals surface area contributed by atoms with Gasteiger partial charge in [0.05, 0.1) is 16.4 Å². The summed E-state index contributed by atoms with van der Waals surface area (Å²) in [6, 6.07) is 10.5. The zero-order chi connectivity index (χ0) is 22.8. The van der Waals surface area contributed by atoms with E-state index in [1.807, 2.05) is 13.8 Å². The minimum atomic E-state index is -3.67. The molecule has 1 heterocycles. The minimum Gasteiger partial charge on any atom is -0.377 e. The summed E-state index contributed by atoms with van der Waals surface area (Å²) < 4.78 is 27.7. The molecule has 2 aromatic carbocycles. The molecule has 31 heavy (non-hydrogen) atoms. The number of aryl methyl sites for hydroxylation is 1. The summed E-state index contributed by atoms with van der Waals surface area (Å²) in [7, 11) is -3.67. The Morgan fingerprint density at radius 3 is 2.45 bits per heavy atom. The van der Waals surface area contributed by atoms with Gasteiger partial charge in [-0.1, -0.05) is 26.0 Å². The quantitative estimate of drug-likeness (QED) is 0.394. The van der Waals surface area contributed by atoms with Gasteiger partial charge in [-0.15, -0.1) is 0 Å². The van der Waals surface area contributed by atoms with Gasteiger partial charge in [0.25, 0.3) is 5.69 Å². The normalized spacial score (nSPS) is 19.7. The van der Waals surface area contributed by atoms with Crippen molar-refractivity contribution in [1.82, 2.24) is 4.31 Å². The maximum atomic E-state index is 13.1. The van der Waals surface area contributed by atoms with Gasteiger partial charge in [0, 0.05) is 36.5 Å². The number of nitro groups is 1. The van der Waals surface area contributed by atoms with Gasteiger partial charge in [-0.05, 0) is 48.9 Å². The SMILES string of the molecule is Cc1cc([N+](=O)[O-])ccc1NCC(=O)c1cccc(S(=O)(=O)N2CC(C)CC(C)C2)c1. The molecule has 2 aromatic rings. The number of carbonyl (C=O) groups is 1. The highest BCUT2D eigenvalue weighted by atomic mass is 32.2. The lowest BCUT2D eigenvalue weighted by Gasteiger charge is -2.34. The van der Waals surface area contributed by atoms with Crippen molar-refractivity contribution in [2.75, 3.05) is 25.0 Å². The van der Waals surface area contributed by atoms with E-state index in [1.54, 1.807) is 25.1 Å². The predicted octanol–water partition coefficient (Wildman–Crippen LogP) is 3.86. The van der Waals surface area contributed by atoms with Gasteiger partial charge in [-0.3, -0.25) is 14.9 Å². The van der Waals surface area contributed by atoms with Crippen molar-refractivity contribution < 1.29 is 18.1 Å². The topological polar surface area (TPSA) is 110 Å². The van der Waals surface area contributed by atoms with E-state index in [-0.39, 0.29) is 34.7 Å². The summed E-state index contributed by atoms with van der Waals surface area (Å²) >= 11 is 0. The molecule has 1 aliphatic heterocycles. The molecule has 0 bridgehead atoms. The van der Waals surface area contributed by atoms with Crippen molar-refractivity contribution in [1.29, 1.82) is 0 Å². The van der Waals surface area contributed by atoms with Gasteiger partial charge < -0.3 is 5.32 Å². The second kappa shape index (κ2) is 9.15. The fourth-order valence-electron chi connectivity index (χ4n) is 4.02. The Morgan fingerprint density at radius 1 is 1.16 bits per heavy atom. The highest BCUT2D eigenvalue weighted by Crippen LogP contribution is 2.27. The number of hydrogen-bond acceptors (Lipinski definition) is 6. The van der Waals surface area contributed by atoms with E-state index in [1.165, 1.54) is 28.6 Å². The molecule has 8 nitrogen and oxygen atoms in total. The molecule has 0 radical (unpaired) electrons. The van der Waals surface area contributed by atoms with Crippen molar-refractivity contribution in [2.45, 2.75) is 32.1 Å². The van der Waals surface area contributed by atoms with Crippen LogP contribution < -0.4 is 5.32 Å². The highest BCUT2D eigenvalue weighted by molar-refractivity contribution is 7.89. The number of non-ortho nitro benzene ring substituents is 1. The summed E-state index contributed by atoms with van der Waals surface area (Å²) in [4.78, 5) is 23.2. The largest absolute Gasteiger partial charge is 0.377 e. The van der Waals surface area contributed by atoms with Crippen LogP contribution >= 0.6 is 0 Å². The van der Waals surface area contributed by atoms with Gasteiger partial charge in [0.2, 0.25) is 10.0 Å². The van der Waals surface area contributed by atoms with E-state index in [4.69, 9.17) is 0 Å². The molecule has 1 saturated heterocycles. The fraction of sp³-hybridized carbons (Fsp3) is 0.409. The number of carbonyl (C=O) groups excluding carboxylic acids is 1. The summed E-state index contributed by atoms with van der Waals surface area (Å²) in [6.45, 7) is 6.71. The molecule has 0 aromatic heterocycles. The number of nitro benzene ring substituents is 1. The van der Waals surface area contributed by atoms with E-state index in [9.17, 15) is 23.3 Å². The number of benzene rings is 2. The smallest absolute Gasteiger partial charge is 0.269 e. The summed E-state index contributed by atoms with van der Waals surface area (Å²) in [6.07, 6.45) is 0.998. The van der Waals surface area contributed by atoms with Gasteiger partial charge in [-0.2, -0.15) is 4.31 Å². The van der Waals surface area contributed by atoms with Crippen molar-refractivity contribution in [3.63, 3.8) is 0 Å². The zero-order valence-corrected chi connectivity index (χ0v) is 18.7. The third kappa shape index (κ3) is 5.29. The molecule has 166 valence electrons. The Hall–Kier alpha value is -2.78. The van der Waals surface area contributed by atoms with E-state index in [0.717, 1.165) is 6.42 Å². The number of rotatable bonds is 7. The van der Waals surface area contributed by atoms with E-state index in [2.05, 4.69) is 5.32 Å². The Balaban J connectivity index is 1.74. The second-order valence-electron chi connectivity index (χ2n) is 8.33. The summed E-state index contributed by atoms with van der Waals surface area (Å²) in [5.41, 5.74) is 1.53. The lowest BCUT2D eigenvalue weighted by atomic mass is 9.94. The van der Waals surface area contributed by atoms with Crippen LogP contribution in [0.3, 0.4) is 0 Å². The number of hydrogen-bond donors (Lipinski definition) is 1. The molecular weight excluding hydrogens is 418 g/mol. The summed E-state index contributed by atoms with van der Waals surface area (Å²) in [5, 5.41) is 13.8. The van der Waals surface area contributed by atoms with Crippen molar-refractivity contribution >= 4 is 27.2 Å². The van der Waals surface area contributed by atoms with Gasteiger partial charge in [-0.25, -0.2) is 8.42 Å². The molecule has 0 spiro atoms. The van der Waals surface area contributed by atoms with E-state index in [0.29, 0.717) is 29.9 Å². The molecule has 1 fully saturated rings. The summed E-state index contributed by atoms with van der Waals surface area (Å²) in [5.74, 6) is 0.310. The number of nitrogens with zero attached hydrogens (tertiary/aromatic N) is 2. The molecule has 3 rings (SSSR count). The van der Waals surface area contributed by atoms with Gasteiger partial charge in [0.1, 0.15) is 0 Å². The maximum Gasteiger partial charge on any atom is 0.269 e. The Labute approximate surface area is 182 Å². The number of anilines is 1. The molecule has 2 unspecified atom stereocenters. The van der Waals surface area contributed by atoms with Gasteiger partial charge >= 0.3 is 0 Å². The first-order chi connectivity index (χ1) is 14.6. The molecule has 0 aliphatic carbocycles. The molecule has 2 atom stereocenters. The van der Waals surface area contributed by atoms with Crippen LogP contribution in [0, 0.1) is 28.9 Å². The zero-order valence-electron chi connectivity index (χ0n) is 17.9. The number of ketones is 1. The third-order valence-corrected chi connectivity index (χ3v) is 7.32. The van der Waals surface area contributed by atoms with Crippen molar-refractivity contribution in [2.24, 2.45) is 11.8 Å². The van der Waals surface area contributed by atoms with Crippen LogP contribution in [0.25, 0.3) is 0 Å². The number of sulfonamides is 1. The third-order valence-electron chi connectivity index (χ3n) is 5.49. The minimum absolute atomic E-state index is 0.0198. The Morgan fingerprint density at radius 2 is 1.84 bits per heavy atom. The molecule has 0 saturated carbocycles. The van der Waals surface area contributed by atoms with Crippen LogP contribution in [-0.2, 0) is 10.0 Å². The highest BCUT2D eigenvalue weighted by Gasteiger charge is 2.31. The predicted molar refractivity (Wildman–Crippen MR) is 119 cm³/mol. The molecule has 0 amide bonds. The van der Waals surface area contributed by atoms with Crippen molar-refractivity contribution in [3.8, 4) is 0 Å². The fourth-order valence-corrected chi connectivity index (χ4v) is 5.74. The molecule has 1 aliphatic rings. The number of nitrogens with one attached hydrogen (secondary N) is 1. The average Bonchev–Trinajstić information content (AvgIpc) is 2.72. The number of piperidine rings is 1. The molecule has 9 heteroatoms. The maximum absolute atomic E-state index is 13.1. The van der Waals surface area contributed by atoms with Crippen molar-refractivity contribution in [3.05, 3.63) is 63.7 Å². The molecular formula is C22H27N3O5S. The van der Waals surface area contributed by atoms with Gasteiger partial charge in [0.15, 0.2) is 5.78 Å². The molecule has 1 N–H and O–H groups in total. The Kier molecular flexibility index (Phi) is 6.76.